The van der Waals surface area contributed by atoms with Gasteiger partial charge in [0.1, 0.15) is 0 Å². The lowest BCUT2D eigenvalue weighted by atomic mass is 10.1. The van der Waals surface area contributed by atoms with E-state index in [0.29, 0.717) is 5.56 Å². The van der Waals surface area contributed by atoms with Crippen LogP contribution in [0.2, 0.25) is 0 Å². The van der Waals surface area contributed by atoms with Crippen molar-refractivity contribution in [3.05, 3.63) is 62.3 Å². The Morgan fingerprint density at radius 2 is 2.25 bits per heavy atom. The van der Waals surface area contributed by atoms with Gasteiger partial charge in [-0.05, 0) is 17.0 Å². The van der Waals surface area contributed by atoms with Gasteiger partial charge in [0, 0.05) is 17.0 Å². The lowest BCUT2D eigenvalue weighted by Crippen LogP contribution is -2.19. The minimum Gasteiger partial charge on any atom is -0.273 e. The number of carbonyl (C=O) groups is 1. The first-order chi connectivity index (χ1) is 9.65. The van der Waals surface area contributed by atoms with Gasteiger partial charge < -0.3 is 0 Å². The van der Waals surface area contributed by atoms with Gasteiger partial charge in [-0.1, -0.05) is 18.2 Å². The normalized spacial score (nSPS) is 10.6. The Hall–Kier alpha value is -2.54. The van der Waals surface area contributed by atoms with Crippen LogP contribution in [0.25, 0.3) is 0 Å². The van der Waals surface area contributed by atoms with E-state index in [1.807, 2.05) is 17.5 Å². The summed E-state index contributed by atoms with van der Waals surface area (Å²) in [5.74, 6) is -0.321. The second kappa shape index (κ2) is 6.58. The summed E-state index contributed by atoms with van der Waals surface area (Å²) in [6.07, 6.45) is 1.60. The highest BCUT2D eigenvalue weighted by molar-refractivity contribution is 7.11. The number of hydrazone groups is 1. The zero-order chi connectivity index (χ0) is 14.4. The van der Waals surface area contributed by atoms with Gasteiger partial charge in [-0.3, -0.25) is 14.9 Å². The van der Waals surface area contributed by atoms with Crippen LogP contribution in [0.1, 0.15) is 10.4 Å². The molecular weight excluding hydrogens is 278 g/mol. The van der Waals surface area contributed by atoms with Crippen LogP contribution in [0.15, 0.2) is 46.9 Å². The highest BCUT2D eigenvalue weighted by Crippen LogP contribution is 2.13. The van der Waals surface area contributed by atoms with E-state index in [0.717, 1.165) is 4.88 Å². The lowest BCUT2D eigenvalue weighted by Gasteiger charge is -2.00. The number of amides is 1. The largest absolute Gasteiger partial charge is 0.273 e. The first-order valence-electron chi connectivity index (χ1n) is 5.74. The molecule has 0 bridgehead atoms. The van der Waals surface area contributed by atoms with Crippen LogP contribution in [0, 0.1) is 10.1 Å². The number of hydrogen-bond acceptors (Lipinski definition) is 5. The van der Waals surface area contributed by atoms with Crippen LogP contribution in [0.4, 0.5) is 5.69 Å². The first kappa shape index (κ1) is 13.9. The number of nitrogens with zero attached hydrogens (tertiary/aromatic N) is 2. The van der Waals surface area contributed by atoms with Crippen LogP contribution >= 0.6 is 11.3 Å². The van der Waals surface area contributed by atoms with E-state index >= 15 is 0 Å². The summed E-state index contributed by atoms with van der Waals surface area (Å²) >= 11 is 1.51. The van der Waals surface area contributed by atoms with E-state index in [9.17, 15) is 14.9 Å². The van der Waals surface area contributed by atoms with Gasteiger partial charge in [0.15, 0.2) is 0 Å². The van der Waals surface area contributed by atoms with Crippen LogP contribution in [0.3, 0.4) is 0 Å². The van der Waals surface area contributed by atoms with Crippen molar-refractivity contribution in [1.82, 2.24) is 5.43 Å². The molecule has 20 heavy (non-hydrogen) atoms. The number of nitro groups is 1. The zero-order valence-corrected chi connectivity index (χ0v) is 11.2. The monoisotopic (exact) mass is 289 g/mol. The second-order valence-corrected chi connectivity index (χ2v) is 4.89. The van der Waals surface area contributed by atoms with E-state index in [-0.39, 0.29) is 18.0 Å². The van der Waals surface area contributed by atoms with Gasteiger partial charge in [-0.2, -0.15) is 5.10 Å². The SMILES string of the molecule is O=C(Cc1cccc([N+](=O)[O-])c1)N/N=C/c1cccs1. The molecule has 0 radical (unpaired) electrons. The molecule has 1 heterocycles. The van der Waals surface area contributed by atoms with Crippen LogP contribution in [-0.4, -0.2) is 17.0 Å². The maximum absolute atomic E-state index is 11.6. The molecule has 1 amide bonds. The Labute approximate surface area is 118 Å². The molecule has 0 aliphatic rings. The smallest absolute Gasteiger partial charge is 0.269 e. The van der Waals surface area contributed by atoms with E-state index in [4.69, 9.17) is 0 Å². The third-order valence-electron chi connectivity index (χ3n) is 2.41. The minimum atomic E-state index is -0.490. The molecule has 0 aliphatic heterocycles. The van der Waals surface area contributed by atoms with Crippen molar-refractivity contribution in [3.63, 3.8) is 0 Å². The quantitative estimate of drug-likeness (QED) is 0.521. The van der Waals surface area contributed by atoms with Gasteiger partial charge in [0.25, 0.3) is 5.69 Å². The standard InChI is InChI=1S/C13H11N3O3S/c17-13(15-14-9-12-5-2-6-20-12)8-10-3-1-4-11(7-10)16(18)19/h1-7,9H,8H2,(H,15,17)/b14-9+. The summed E-state index contributed by atoms with van der Waals surface area (Å²) in [7, 11) is 0. The van der Waals surface area contributed by atoms with Crippen molar-refractivity contribution < 1.29 is 9.72 Å². The topological polar surface area (TPSA) is 84.6 Å². The summed E-state index contributed by atoms with van der Waals surface area (Å²) in [6.45, 7) is 0. The molecule has 0 spiro atoms. The summed E-state index contributed by atoms with van der Waals surface area (Å²) < 4.78 is 0. The molecule has 6 nitrogen and oxygen atoms in total. The maximum atomic E-state index is 11.6. The number of benzene rings is 1. The van der Waals surface area contributed by atoms with E-state index in [1.54, 1.807) is 18.3 Å². The van der Waals surface area contributed by atoms with Gasteiger partial charge >= 0.3 is 0 Å². The highest BCUT2D eigenvalue weighted by Gasteiger charge is 2.08. The highest BCUT2D eigenvalue weighted by atomic mass is 32.1. The summed E-state index contributed by atoms with van der Waals surface area (Å²) in [4.78, 5) is 22.7. The molecule has 2 aromatic rings. The van der Waals surface area contributed by atoms with Crippen molar-refractivity contribution in [2.75, 3.05) is 0 Å². The molecule has 0 unspecified atom stereocenters. The van der Waals surface area contributed by atoms with Crippen molar-refractivity contribution in [2.45, 2.75) is 6.42 Å². The summed E-state index contributed by atoms with van der Waals surface area (Å²) in [5, 5.41) is 16.4. The number of carbonyl (C=O) groups excluding carboxylic acids is 1. The van der Waals surface area contributed by atoms with Gasteiger partial charge in [-0.15, -0.1) is 11.3 Å². The first-order valence-corrected chi connectivity index (χ1v) is 6.62. The number of rotatable bonds is 5. The molecule has 0 atom stereocenters. The van der Waals surface area contributed by atoms with Crippen molar-refractivity contribution >= 4 is 29.1 Å². The van der Waals surface area contributed by atoms with E-state index in [1.165, 1.54) is 23.5 Å². The Balaban J connectivity index is 1.91. The van der Waals surface area contributed by atoms with Crippen LogP contribution in [-0.2, 0) is 11.2 Å². The van der Waals surface area contributed by atoms with Gasteiger partial charge in [0.2, 0.25) is 5.91 Å². The third kappa shape index (κ3) is 3.99. The summed E-state index contributed by atoms with van der Waals surface area (Å²) in [5.41, 5.74) is 2.93. The minimum absolute atomic E-state index is 0.0302. The molecule has 2 rings (SSSR count). The predicted octanol–water partition coefficient (Wildman–Crippen LogP) is 2.35. The Morgan fingerprint density at radius 1 is 1.40 bits per heavy atom. The molecule has 1 aromatic heterocycles. The molecule has 0 fully saturated rings. The Morgan fingerprint density at radius 3 is 2.95 bits per heavy atom. The molecule has 0 saturated heterocycles. The fraction of sp³-hybridized carbons (Fsp3) is 0.0769. The number of non-ortho nitro benzene ring substituents is 1. The van der Waals surface area contributed by atoms with Crippen molar-refractivity contribution in [3.8, 4) is 0 Å². The fourth-order valence-electron chi connectivity index (χ4n) is 1.54. The second-order valence-electron chi connectivity index (χ2n) is 3.91. The van der Waals surface area contributed by atoms with E-state index in [2.05, 4.69) is 10.5 Å². The predicted molar refractivity (Wildman–Crippen MR) is 76.9 cm³/mol. The molecule has 1 aromatic carbocycles. The lowest BCUT2D eigenvalue weighted by molar-refractivity contribution is -0.384. The van der Waals surface area contributed by atoms with Crippen molar-refractivity contribution in [2.24, 2.45) is 5.10 Å². The number of hydrogen-bond donors (Lipinski definition) is 1. The van der Waals surface area contributed by atoms with E-state index < -0.39 is 4.92 Å². The Kier molecular flexibility index (Phi) is 4.56. The van der Waals surface area contributed by atoms with Crippen LogP contribution in [0.5, 0.6) is 0 Å². The van der Waals surface area contributed by atoms with Gasteiger partial charge in [0.05, 0.1) is 17.6 Å². The Bertz CT molecular complexity index is 638. The molecule has 0 aliphatic carbocycles. The summed E-state index contributed by atoms with van der Waals surface area (Å²) in [6, 6.07) is 9.74. The molecule has 0 saturated carbocycles. The number of thiophene rings is 1. The average molecular weight is 289 g/mol. The number of nitrogens with one attached hydrogen (secondary N) is 1. The fourth-order valence-corrected chi connectivity index (χ4v) is 2.12. The van der Waals surface area contributed by atoms with Crippen molar-refractivity contribution in [1.29, 1.82) is 0 Å². The average Bonchev–Trinajstić information content (AvgIpc) is 2.92. The third-order valence-corrected chi connectivity index (χ3v) is 3.22. The number of nitro benzene ring substituents is 1. The maximum Gasteiger partial charge on any atom is 0.269 e. The molecule has 102 valence electrons. The molecule has 7 heteroatoms. The molecule has 1 N–H and O–H groups in total. The van der Waals surface area contributed by atoms with Gasteiger partial charge in [-0.25, -0.2) is 5.43 Å². The molecular formula is C13H11N3O3S. The zero-order valence-electron chi connectivity index (χ0n) is 10.4. The van der Waals surface area contributed by atoms with Crippen LogP contribution < -0.4 is 5.43 Å².